The van der Waals surface area contributed by atoms with Crippen molar-refractivity contribution in [3.8, 4) is 5.00 Å². The van der Waals surface area contributed by atoms with Gasteiger partial charge in [0.2, 0.25) is 5.91 Å². The molecule has 1 amide bonds. The lowest BCUT2D eigenvalue weighted by atomic mass is 9.93. The van der Waals surface area contributed by atoms with E-state index < -0.39 is 12.1 Å². The van der Waals surface area contributed by atoms with Gasteiger partial charge in [0.25, 0.3) is 0 Å². The first-order chi connectivity index (χ1) is 28.0. The van der Waals surface area contributed by atoms with E-state index in [1.165, 1.54) is 10.4 Å². The van der Waals surface area contributed by atoms with Gasteiger partial charge in [-0.3, -0.25) is 33.5 Å². The molecule has 0 bridgehead atoms. The molecule has 10 nitrogen and oxygen atoms in total. The zero-order valence-corrected chi connectivity index (χ0v) is 35.5. The number of nitrogens with one attached hydrogen (secondary N) is 1. The van der Waals surface area contributed by atoms with Crippen molar-refractivity contribution in [1.82, 2.24) is 20.1 Å². The molecule has 2 atom stereocenters. The van der Waals surface area contributed by atoms with E-state index in [2.05, 4.69) is 33.9 Å². The Labute approximate surface area is 350 Å². The normalized spacial score (nSPS) is 16.4. The number of hydrogen-bond acceptors (Lipinski definition) is 9. The number of hydrogen-bond donors (Lipinski definition) is 1. The Hall–Kier alpha value is -4.61. The van der Waals surface area contributed by atoms with Crippen molar-refractivity contribution in [3.05, 3.63) is 97.9 Å². The van der Waals surface area contributed by atoms with Gasteiger partial charge in [-0.15, -0.1) is 21.5 Å². The molecule has 1 fully saturated rings. The number of thiophene rings is 1. The number of nitrogens with zero attached hydrogens (tertiary/aromatic N) is 4. The highest BCUT2D eigenvalue weighted by Gasteiger charge is 2.32. The minimum absolute atomic E-state index is 0.0685. The van der Waals surface area contributed by atoms with Crippen molar-refractivity contribution in [2.24, 2.45) is 4.99 Å². The molecular weight excluding hydrogens is 770 g/mol. The van der Waals surface area contributed by atoms with Gasteiger partial charge in [-0.2, -0.15) is 0 Å². The summed E-state index contributed by atoms with van der Waals surface area (Å²) in [5.74, 6) is 1.38. The first-order valence-electron chi connectivity index (χ1n) is 20.8. The summed E-state index contributed by atoms with van der Waals surface area (Å²) in [5, 5.41) is 13.4. The maximum atomic E-state index is 13.4. The van der Waals surface area contributed by atoms with Crippen molar-refractivity contribution in [1.29, 1.82) is 0 Å². The summed E-state index contributed by atoms with van der Waals surface area (Å²) in [6.07, 6.45) is 12.0. The Balaban J connectivity index is 0.846. The number of fused-ring (bicyclic) bond motifs is 3. The van der Waals surface area contributed by atoms with Crippen LogP contribution in [0.25, 0.3) is 5.00 Å². The van der Waals surface area contributed by atoms with Crippen molar-refractivity contribution in [3.63, 3.8) is 0 Å². The standard InChI is InChI=1S/C46H54ClN5O5S/c1-29-30(2)58-46-43(29)44(34-19-21-35(47)22-20-34)49-40(45-51-50-31(3)52(45)46)27-37(54)14-12-10-8-6-4-5-7-9-11-13-36(53)25-32-15-17-33(18-16-32)26-42(57)48-39-24-23-38(55)28-41(39)56/h15-22,39-40H,4-14,23-28H2,1-3H3,(H,48,57)/t39?,40-/m0/s1. The number of amides is 1. The van der Waals surface area contributed by atoms with E-state index in [1.807, 2.05) is 55.5 Å². The van der Waals surface area contributed by atoms with Crippen LogP contribution in [0.1, 0.15) is 147 Å². The van der Waals surface area contributed by atoms with E-state index in [0.29, 0.717) is 43.0 Å². The van der Waals surface area contributed by atoms with Gasteiger partial charge in [-0.25, -0.2) is 0 Å². The first kappa shape index (κ1) is 43.0. The van der Waals surface area contributed by atoms with Crippen molar-refractivity contribution in [2.45, 2.75) is 142 Å². The molecule has 12 heteroatoms. The second-order valence-corrected chi connectivity index (χ2v) is 17.5. The summed E-state index contributed by atoms with van der Waals surface area (Å²) in [6.45, 7) is 6.20. The Morgan fingerprint density at radius 2 is 1.40 bits per heavy atom. The van der Waals surface area contributed by atoms with Crippen LogP contribution in [0.2, 0.25) is 5.02 Å². The van der Waals surface area contributed by atoms with Gasteiger partial charge in [0.15, 0.2) is 11.6 Å². The molecule has 2 aliphatic rings. The lowest BCUT2D eigenvalue weighted by Gasteiger charge is -2.21. The maximum Gasteiger partial charge on any atom is 0.224 e. The van der Waals surface area contributed by atoms with Crippen LogP contribution in [-0.2, 0) is 36.8 Å². The number of benzene rings is 2. The fourth-order valence-electron chi connectivity index (χ4n) is 7.88. The first-order valence-corrected chi connectivity index (χ1v) is 22.0. The monoisotopic (exact) mass is 823 g/mol. The molecule has 1 aliphatic carbocycles. The SMILES string of the molecule is Cc1sc2c(c1C)C(c1ccc(Cl)cc1)=N[C@@H](CC(=O)CCCCCCCCCCCC(=O)Cc1ccc(CC(=O)NC3CCC(=O)CC3=O)cc1)c1nnc(C)n1-2. The van der Waals surface area contributed by atoms with Crippen LogP contribution in [0.5, 0.6) is 0 Å². The summed E-state index contributed by atoms with van der Waals surface area (Å²) in [4.78, 5) is 68.2. The number of aryl methyl sites for hydroxylation is 2. The van der Waals surface area contributed by atoms with Gasteiger partial charge in [-0.1, -0.05) is 92.9 Å². The molecule has 306 valence electrons. The van der Waals surface area contributed by atoms with E-state index in [1.54, 1.807) is 11.3 Å². The fourth-order valence-corrected chi connectivity index (χ4v) is 9.22. The van der Waals surface area contributed by atoms with Gasteiger partial charge in [0, 0.05) is 53.1 Å². The summed E-state index contributed by atoms with van der Waals surface area (Å²) in [6, 6.07) is 14.2. The van der Waals surface area contributed by atoms with Gasteiger partial charge in [0.1, 0.15) is 34.2 Å². The van der Waals surface area contributed by atoms with E-state index in [9.17, 15) is 24.0 Å². The number of halogens is 1. The molecule has 3 heterocycles. The van der Waals surface area contributed by atoms with Gasteiger partial charge < -0.3 is 5.32 Å². The minimum atomic E-state index is -0.576. The molecule has 1 aliphatic heterocycles. The Kier molecular flexibility index (Phi) is 15.1. The number of rotatable bonds is 20. The quantitative estimate of drug-likeness (QED) is 0.0692. The zero-order valence-electron chi connectivity index (χ0n) is 33.9. The molecule has 2 aromatic carbocycles. The lowest BCUT2D eigenvalue weighted by molar-refractivity contribution is -0.134. The summed E-state index contributed by atoms with van der Waals surface area (Å²) >= 11 is 7.94. The molecule has 0 radical (unpaired) electrons. The van der Waals surface area contributed by atoms with Crippen molar-refractivity contribution < 1.29 is 24.0 Å². The third-order valence-corrected chi connectivity index (χ3v) is 12.7. The topological polar surface area (TPSA) is 140 Å². The van der Waals surface area contributed by atoms with E-state index in [0.717, 1.165) is 96.6 Å². The van der Waals surface area contributed by atoms with Crippen LogP contribution >= 0.6 is 22.9 Å². The predicted octanol–water partition coefficient (Wildman–Crippen LogP) is 9.21. The predicted molar refractivity (Wildman–Crippen MR) is 228 cm³/mol. The molecule has 0 saturated heterocycles. The van der Waals surface area contributed by atoms with Crippen LogP contribution in [0.4, 0.5) is 0 Å². The van der Waals surface area contributed by atoms with Crippen LogP contribution in [0, 0.1) is 20.8 Å². The molecule has 1 unspecified atom stereocenters. The van der Waals surface area contributed by atoms with E-state index >= 15 is 0 Å². The van der Waals surface area contributed by atoms with Gasteiger partial charge in [-0.05, 0) is 68.9 Å². The second kappa shape index (κ2) is 20.4. The largest absolute Gasteiger partial charge is 0.346 e. The number of aliphatic imine (C=N–C) groups is 1. The highest BCUT2D eigenvalue weighted by molar-refractivity contribution is 7.15. The molecule has 2 aromatic heterocycles. The third kappa shape index (κ3) is 11.3. The highest BCUT2D eigenvalue weighted by Crippen LogP contribution is 2.40. The van der Waals surface area contributed by atoms with Crippen LogP contribution in [0.3, 0.4) is 0 Å². The van der Waals surface area contributed by atoms with Crippen molar-refractivity contribution >= 4 is 57.7 Å². The molecule has 0 spiro atoms. The van der Waals surface area contributed by atoms with Crippen LogP contribution in [-0.4, -0.2) is 55.6 Å². The highest BCUT2D eigenvalue weighted by atomic mass is 35.5. The van der Waals surface area contributed by atoms with Crippen LogP contribution in [0.15, 0.2) is 53.5 Å². The summed E-state index contributed by atoms with van der Waals surface area (Å²) in [7, 11) is 0. The maximum absolute atomic E-state index is 13.4. The average Bonchev–Trinajstić information content (AvgIpc) is 3.67. The number of Topliss-reactive ketones (excluding diaryl/α,β-unsaturated/α-hetero) is 4. The Morgan fingerprint density at radius 3 is 2.03 bits per heavy atom. The fraction of sp³-hybridized carbons (Fsp3) is 0.478. The zero-order chi connectivity index (χ0) is 41.2. The van der Waals surface area contributed by atoms with Crippen molar-refractivity contribution in [2.75, 3.05) is 0 Å². The molecule has 1 N–H and O–H groups in total. The number of ketones is 4. The third-order valence-electron chi connectivity index (χ3n) is 11.3. The number of carbonyl (C=O) groups is 5. The minimum Gasteiger partial charge on any atom is -0.346 e. The van der Waals surface area contributed by atoms with Crippen LogP contribution < -0.4 is 5.32 Å². The lowest BCUT2D eigenvalue weighted by Crippen LogP contribution is -2.44. The Morgan fingerprint density at radius 1 is 0.793 bits per heavy atom. The molecule has 4 aromatic rings. The smallest absolute Gasteiger partial charge is 0.224 e. The number of unbranched alkanes of at least 4 members (excludes halogenated alkanes) is 8. The summed E-state index contributed by atoms with van der Waals surface area (Å²) < 4.78 is 2.09. The Bertz CT molecular complexity index is 2150. The van der Waals surface area contributed by atoms with E-state index in [4.69, 9.17) is 16.6 Å². The average molecular weight is 824 g/mol. The molecule has 58 heavy (non-hydrogen) atoms. The summed E-state index contributed by atoms with van der Waals surface area (Å²) in [5.41, 5.74) is 5.81. The number of aromatic nitrogens is 3. The van der Waals surface area contributed by atoms with Gasteiger partial charge >= 0.3 is 0 Å². The van der Waals surface area contributed by atoms with Gasteiger partial charge in [0.05, 0.1) is 24.6 Å². The second-order valence-electron chi connectivity index (χ2n) is 15.9. The number of carbonyl (C=O) groups excluding carboxylic acids is 5. The molecule has 1 saturated carbocycles. The molecule has 6 rings (SSSR count). The van der Waals surface area contributed by atoms with E-state index in [-0.39, 0.29) is 48.3 Å². The molecular formula is C46H54ClN5O5S.